The van der Waals surface area contributed by atoms with Crippen molar-refractivity contribution < 1.29 is 14.7 Å². The third-order valence-electron chi connectivity index (χ3n) is 3.09. The van der Waals surface area contributed by atoms with E-state index in [4.69, 9.17) is 5.11 Å². The summed E-state index contributed by atoms with van der Waals surface area (Å²) in [4.78, 5) is 22.7. The molecule has 2 rings (SSSR count). The Morgan fingerprint density at radius 1 is 1.45 bits per heavy atom. The number of hydrogen-bond donors (Lipinski definition) is 3. The largest absolute Gasteiger partial charge is 0.478 e. The van der Waals surface area contributed by atoms with Gasteiger partial charge in [0, 0.05) is 37.1 Å². The maximum absolute atomic E-state index is 11.8. The molecular formula is C14H18N2O3S. The Labute approximate surface area is 122 Å². The Hall–Kier alpha value is -1.53. The summed E-state index contributed by atoms with van der Waals surface area (Å²) in [6, 6.07) is 6.85. The number of rotatable bonds is 5. The monoisotopic (exact) mass is 294 g/mol. The van der Waals surface area contributed by atoms with Gasteiger partial charge in [-0.05, 0) is 17.7 Å². The summed E-state index contributed by atoms with van der Waals surface area (Å²) in [5.74, 6) is 1.09. The molecule has 1 unspecified atom stereocenters. The molecule has 1 heterocycles. The third kappa shape index (κ3) is 4.54. The summed E-state index contributed by atoms with van der Waals surface area (Å²) in [7, 11) is 0. The molecule has 1 aromatic rings. The molecular weight excluding hydrogens is 276 g/mol. The average Bonchev–Trinajstić information content (AvgIpc) is 2.46. The Morgan fingerprint density at radius 2 is 2.30 bits per heavy atom. The second-order valence-electron chi connectivity index (χ2n) is 4.71. The van der Waals surface area contributed by atoms with Crippen LogP contribution in [0.4, 0.5) is 0 Å². The Balaban J connectivity index is 1.80. The van der Waals surface area contributed by atoms with E-state index >= 15 is 0 Å². The summed E-state index contributed by atoms with van der Waals surface area (Å²) >= 11 is 1.86. The standard InChI is InChI=1S/C14H18N2O3S/c17-13(7-12-9-20-5-4-15-12)16-8-10-2-1-3-11(6-10)14(18)19/h1-3,6,12,15H,4-5,7-9H2,(H,16,17)(H,18,19). The molecule has 1 saturated heterocycles. The fourth-order valence-electron chi connectivity index (χ4n) is 2.06. The van der Waals surface area contributed by atoms with Crippen molar-refractivity contribution >= 4 is 23.6 Å². The van der Waals surface area contributed by atoms with Gasteiger partial charge in [0.15, 0.2) is 0 Å². The zero-order chi connectivity index (χ0) is 14.4. The summed E-state index contributed by atoms with van der Waals surface area (Å²) in [6.07, 6.45) is 0.464. The number of carbonyl (C=O) groups is 2. The van der Waals surface area contributed by atoms with E-state index in [-0.39, 0.29) is 17.5 Å². The topological polar surface area (TPSA) is 78.4 Å². The van der Waals surface area contributed by atoms with Gasteiger partial charge in [0.25, 0.3) is 0 Å². The molecule has 108 valence electrons. The van der Waals surface area contributed by atoms with Crippen molar-refractivity contribution in [3.8, 4) is 0 Å². The number of hydrogen-bond acceptors (Lipinski definition) is 4. The lowest BCUT2D eigenvalue weighted by molar-refractivity contribution is -0.121. The summed E-state index contributed by atoms with van der Waals surface area (Å²) < 4.78 is 0. The van der Waals surface area contributed by atoms with E-state index in [0.29, 0.717) is 13.0 Å². The second kappa shape index (κ2) is 7.31. The minimum atomic E-state index is -0.957. The number of carbonyl (C=O) groups excluding carboxylic acids is 1. The van der Waals surface area contributed by atoms with Gasteiger partial charge < -0.3 is 15.7 Å². The predicted octanol–water partition coefficient (Wildman–Crippen LogP) is 1.10. The number of amides is 1. The molecule has 1 aliphatic rings. The van der Waals surface area contributed by atoms with Crippen LogP contribution in [0, 0.1) is 0 Å². The van der Waals surface area contributed by atoms with Crippen molar-refractivity contribution in [1.29, 1.82) is 0 Å². The molecule has 0 bridgehead atoms. The highest BCUT2D eigenvalue weighted by atomic mass is 32.2. The first-order chi connectivity index (χ1) is 9.65. The van der Waals surface area contributed by atoms with Gasteiger partial charge in [0.05, 0.1) is 5.56 Å². The van der Waals surface area contributed by atoms with Crippen molar-refractivity contribution in [3.63, 3.8) is 0 Å². The minimum Gasteiger partial charge on any atom is -0.478 e. The van der Waals surface area contributed by atoms with Crippen molar-refractivity contribution in [2.45, 2.75) is 19.0 Å². The number of benzene rings is 1. The zero-order valence-corrected chi connectivity index (χ0v) is 11.9. The first kappa shape index (κ1) is 14.9. The average molecular weight is 294 g/mol. The van der Waals surface area contributed by atoms with Crippen LogP contribution in [0.1, 0.15) is 22.3 Å². The van der Waals surface area contributed by atoms with E-state index in [1.165, 1.54) is 6.07 Å². The van der Waals surface area contributed by atoms with Gasteiger partial charge in [-0.25, -0.2) is 4.79 Å². The van der Waals surface area contributed by atoms with Crippen molar-refractivity contribution in [1.82, 2.24) is 10.6 Å². The van der Waals surface area contributed by atoms with Crippen LogP contribution < -0.4 is 10.6 Å². The molecule has 5 nitrogen and oxygen atoms in total. The second-order valence-corrected chi connectivity index (χ2v) is 5.86. The van der Waals surface area contributed by atoms with Gasteiger partial charge in [0.1, 0.15) is 0 Å². The van der Waals surface area contributed by atoms with Gasteiger partial charge >= 0.3 is 5.97 Å². The highest BCUT2D eigenvalue weighted by molar-refractivity contribution is 7.99. The maximum Gasteiger partial charge on any atom is 0.335 e. The first-order valence-corrected chi connectivity index (χ1v) is 7.70. The first-order valence-electron chi connectivity index (χ1n) is 6.55. The highest BCUT2D eigenvalue weighted by Gasteiger charge is 2.16. The molecule has 0 aromatic heterocycles. The van der Waals surface area contributed by atoms with Gasteiger partial charge in [-0.2, -0.15) is 11.8 Å². The van der Waals surface area contributed by atoms with Crippen molar-refractivity contribution in [2.75, 3.05) is 18.1 Å². The van der Waals surface area contributed by atoms with Gasteiger partial charge in [-0.3, -0.25) is 4.79 Å². The Bertz CT molecular complexity index is 487. The van der Waals surface area contributed by atoms with Crippen LogP contribution in [0.25, 0.3) is 0 Å². The highest BCUT2D eigenvalue weighted by Crippen LogP contribution is 2.10. The number of carboxylic acids is 1. The van der Waals surface area contributed by atoms with E-state index in [1.54, 1.807) is 18.2 Å². The van der Waals surface area contributed by atoms with E-state index in [9.17, 15) is 9.59 Å². The molecule has 0 radical (unpaired) electrons. The number of carboxylic acid groups (broad SMARTS) is 1. The number of nitrogens with one attached hydrogen (secondary N) is 2. The smallest absolute Gasteiger partial charge is 0.335 e. The molecule has 20 heavy (non-hydrogen) atoms. The van der Waals surface area contributed by atoms with Crippen LogP contribution >= 0.6 is 11.8 Å². The van der Waals surface area contributed by atoms with E-state index in [1.807, 2.05) is 11.8 Å². The van der Waals surface area contributed by atoms with Crippen LogP contribution in [0.3, 0.4) is 0 Å². The summed E-state index contributed by atoms with van der Waals surface area (Å²) in [6.45, 7) is 1.31. The number of aromatic carboxylic acids is 1. The lowest BCUT2D eigenvalue weighted by atomic mass is 10.1. The van der Waals surface area contributed by atoms with Crippen LogP contribution in [-0.2, 0) is 11.3 Å². The Morgan fingerprint density at radius 3 is 3.00 bits per heavy atom. The van der Waals surface area contributed by atoms with Crippen LogP contribution in [-0.4, -0.2) is 41.1 Å². The zero-order valence-electron chi connectivity index (χ0n) is 11.1. The SMILES string of the molecule is O=C(CC1CSCCN1)NCc1cccc(C(=O)O)c1. The molecule has 1 atom stereocenters. The molecule has 1 aromatic carbocycles. The molecule has 6 heteroatoms. The van der Waals surface area contributed by atoms with Gasteiger partial charge in [-0.15, -0.1) is 0 Å². The molecule has 3 N–H and O–H groups in total. The molecule has 1 fully saturated rings. The van der Waals surface area contributed by atoms with E-state index in [0.717, 1.165) is 23.6 Å². The van der Waals surface area contributed by atoms with Crippen LogP contribution in [0.2, 0.25) is 0 Å². The van der Waals surface area contributed by atoms with Crippen LogP contribution in [0.15, 0.2) is 24.3 Å². The maximum atomic E-state index is 11.8. The molecule has 1 aliphatic heterocycles. The van der Waals surface area contributed by atoms with Gasteiger partial charge in [-0.1, -0.05) is 12.1 Å². The quantitative estimate of drug-likeness (QED) is 0.758. The predicted molar refractivity (Wildman–Crippen MR) is 79.0 cm³/mol. The van der Waals surface area contributed by atoms with Crippen molar-refractivity contribution in [3.05, 3.63) is 35.4 Å². The summed E-state index contributed by atoms with van der Waals surface area (Å²) in [5.41, 5.74) is 1.03. The number of thioether (sulfide) groups is 1. The van der Waals surface area contributed by atoms with Crippen molar-refractivity contribution in [2.24, 2.45) is 0 Å². The Kier molecular flexibility index (Phi) is 5.43. The fourth-order valence-corrected chi connectivity index (χ4v) is 3.01. The van der Waals surface area contributed by atoms with Crippen LogP contribution in [0.5, 0.6) is 0 Å². The van der Waals surface area contributed by atoms with E-state index in [2.05, 4.69) is 10.6 Å². The molecule has 0 spiro atoms. The molecule has 0 aliphatic carbocycles. The normalized spacial score (nSPS) is 18.5. The molecule has 0 saturated carbocycles. The molecule has 1 amide bonds. The van der Waals surface area contributed by atoms with Gasteiger partial charge in [0.2, 0.25) is 5.91 Å². The fraction of sp³-hybridized carbons (Fsp3) is 0.429. The third-order valence-corrected chi connectivity index (χ3v) is 4.22. The van der Waals surface area contributed by atoms with E-state index < -0.39 is 5.97 Å². The summed E-state index contributed by atoms with van der Waals surface area (Å²) in [5, 5.41) is 15.0. The lowest BCUT2D eigenvalue weighted by Crippen LogP contribution is -2.41. The minimum absolute atomic E-state index is 0.00859. The lowest BCUT2D eigenvalue weighted by Gasteiger charge is -2.22.